The summed E-state index contributed by atoms with van der Waals surface area (Å²) in [5.74, 6) is -4.61. The quantitative estimate of drug-likeness (QED) is 0.0775. The van der Waals surface area contributed by atoms with Crippen LogP contribution in [0, 0.1) is 0 Å². The van der Waals surface area contributed by atoms with E-state index in [0.29, 0.717) is 40.4 Å². The zero-order valence-corrected chi connectivity index (χ0v) is 38.3. The van der Waals surface area contributed by atoms with Crippen molar-refractivity contribution >= 4 is 54.7 Å². The normalized spacial score (nSPS) is 23.1. The molecular weight excluding hydrogens is 963 g/mol. The van der Waals surface area contributed by atoms with Crippen LogP contribution in [0.2, 0.25) is 0 Å². The van der Waals surface area contributed by atoms with Crippen molar-refractivity contribution in [3.8, 4) is 21.1 Å². The van der Waals surface area contributed by atoms with E-state index in [-0.39, 0.29) is 42.4 Å². The SMILES string of the molecule is CC(C)(C)OC(=O)[C@]1(NS(=O)(=O)c2ccc(-c3cc(C(F)(F)F)on3)s2)C[C@]1(C)c1ccccc1.C[C@]1(c2ccccc2)C[C@@]1(NS(=O)(=O)c1ccc(-c2cc(C(F)(F)F)on2)s1)C(=O)O. The van der Waals surface area contributed by atoms with Crippen LogP contribution in [0.4, 0.5) is 26.3 Å². The van der Waals surface area contributed by atoms with Gasteiger partial charge < -0.3 is 18.9 Å². The molecular formula is C42H38F6N4O10S4. The van der Waals surface area contributed by atoms with E-state index in [2.05, 4.69) is 28.8 Å². The fraction of sp³-hybridized carbons (Fsp3) is 0.333. The van der Waals surface area contributed by atoms with E-state index in [1.54, 1.807) is 77.1 Å². The summed E-state index contributed by atoms with van der Waals surface area (Å²) >= 11 is 1.37. The predicted octanol–water partition coefficient (Wildman–Crippen LogP) is 9.03. The number of aromatic nitrogens is 2. The molecule has 352 valence electrons. The van der Waals surface area contributed by atoms with Crippen LogP contribution in [-0.4, -0.2) is 60.9 Å². The zero-order valence-electron chi connectivity index (χ0n) is 35.1. The van der Waals surface area contributed by atoms with Gasteiger partial charge in [0.1, 0.15) is 36.5 Å². The molecule has 24 heteroatoms. The van der Waals surface area contributed by atoms with Gasteiger partial charge in [-0.15, -0.1) is 22.7 Å². The molecule has 0 spiro atoms. The Hall–Kier alpha value is -5.40. The summed E-state index contributed by atoms with van der Waals surface area (Å²) in [6.45, 7) is 8.51. The molecule has 2 aromatic carbocycles. The largest absolute Gasteiger partial charge is 0.480 e. The molecule has 2 fully saturated rings. The number of nitrogens with zero attached hydrogens (tertiary/aromatic N) is 2. The highest BCUT2D eigenvalue weighted by Crippen LogP contribution is 2.60. The smallest absolute Gasteiger partial charge is 0.452 e. The number of nitrogens with one attached hydrogen (secondary N) is 2. The third-order valence-corrected chi connectivity index (χ3v) is 17.4. The van der Waals surface area contributed by atoms with E-state index in [9.17, 15) is 57.9 Å². The number of sulfonamides is 2. The average Bonchev–Trinajstić information content (AvgIpc) is 3.78. The molecule has 0 bridgehead atoms. The number of halogens is 6. The number of carboxylic acid groups (broad SMARTS) is 1. The van der Waals surface area contributed by atoms with Crippen molar-refractivity contribution in [1.82, 2.24) is 19.8 Å². The van der Waals surface area contributed by atoms with Gasteiger partial charge in [-0.05, 0) is 69.0 Å². The second-order valence-electron chi connectivity index (χ2n) is 17.0. The summed E-state index contributed by atoms with van der Waals surface area (Å²) in [6, 6.07) is 24.1. The third-order valence-electron chi connectivity index (χ3n) is 11.2. The summed E-state index contributed by atoms with van der Waals surface area (Å²) in [6.07, 6.45) is -9.21. The van der Waals surface area contributed by atoms with Crippen LogP contribution in [0.25, 0.3) is 21.1 Å². The first kappa shape index (κ1) is 48.5. The minimum absolute atomic E-state index is 0.0506. The van der Waals surface area contributed by atoms with Crippen LogP contribution in [0.1, 0.15) is 70.1 Å². The molecule has 0 saturated heterocycles. The number of carboxylic acids is 1. The molecule has 14 nitrogen and oxygen atoms in total. The maximum Gasteiger partial charge on any atom is 0.452 e. The van der Waals surface area contributed by atoms with E-state index in [0.717, 1.165) is 5.56 Å². The van der Waals surface area contributed by atoms with Gasteiger partial charge in [0.25, 0.3) is 20.0 Å². The number of hydrogen-bond acceptors (Lipinski definition) is 13. The van der Waals surface area contributed by atoms with E-state index in [4.69, 9.17) is 4.74 Å². The number of rotatable bonds is 12. The maximum atomic E-state index is 13.4. The molecule has 0 amide bonds. The summed E-state index contributed by atoms with van der Waals surface area (Å²) in [5, 5.41) is 16.5. The summed E-state index contributed by atoms with van der Waals surface area (Å²) in [7, 11) is -8.54. The fourth-order valence-electron chi connectivity index (χ4n) is 7.45. The molecule has 8 rings (SSSR count). The summed E-state index contributed by atoms with van der Waals surface area (Å²) in [5.41, 5.74) is -4.85. The van der Waals surface area contributed by atoms with Gasteiger partial charge in [0, 0.05) is 23.0 Å². The van der Waals surface area contributed by atoms with Gasteiger partial charge in [0.05, 0.1) is 9.75 Å². The fourth-order valence-corrected chi connectivity index (χ4v) is 12.9. The number of hydrogen-bond donors (Lipinski definition) is 3. The number of carbonyl (C=O) groups is 2. The number of esters is 1. The maximum absolute atomic E-state index is 13.4. The monoisotopic (exact) mass is 1000 g/mol. The van der Waals surface area contributed by atoms with Gasteiger partial charge in [-0.3, -0.25) is 4.79 Å². The lowest BCUT2D eigenvalue weighted by atomic mass is 9.93. The lowest BCUT2D eigenvalue weighted by Gasteiger charge is -2.27. The van der Waals surface area contributed by atoms with Gasteiger partial charge in [0.15, 0.2) is 0 Å². The molecule has 2 saturated carbocycles. The van der Waals surface area contributed by atoms with Gasteiger partial charge >= 0.3 is 24.3 Å². The van der Waals surface area contributed by atoms with Crippen LogP contribution in [0.3, 0.4) is 0 Å². The Kier molecular flexibility index (Phi) is 12.1. The van der Waals surface area contributed by atoms with Crippen LogP contribution >= 0.6 is 22.7 Å². The van der Waals surface area contributed by atoms with Crippen molar-refractivity contribution < 1.29 is 71.7 Å². The van der Waals surface area contributed by atoms with Crippen LogP contribution in [-0.2, 0) is 57.6 Å². The third kappa shape index (κ3) is 9.17. The Morgan fingerprint density at radius 2 is 1.03 bits per heavy atom. The zero-order chi connectivity index (χ0) is 48.5. The number of thiophene rings is 2. The summed E-state index contributed by atoms with van der Waals surface area (Å²) < 4.78 is 148. The molecule has 0 aliphatic heterocycles. The highest BCUT2D eigenvalue weighted by Gasteiger charge is 2.74. The van der Waals surface area contributed by atoms with Gasteiger partial charge in [-0.1, -0.05) is 84.8 Å². The second-order valence-corrected chi connectivity index (χ2v) is 23.0. The molecule has 4 aromatic heterocycles. The average molecular weight is 1000 g/mol. The number of carbonyl (C=O) groups excluding carboxylic acids is 1. The Morgan fingerprint density at radius 3 is 1.39 bits per heavy atom. The number of aliphatic carboxylic acids is 1. The van der Waals surface area contributed by atoms with Crippen molar-refractivity contribution in [2.24, 2.45) is 0 Å². The topological polar surface area (TPSA) is 208 Å². The van der Waals surface area contributed by atoms with Crippen molar-refractivity contribution in [3.05, 3.63) is 120 Å². The Morgan fingerprint density at radius 1 is 0.652 bits per heavy atom. The van der Waals surface area contributed by atoms with E-state index < -0.39 is 83.4 Å². The van der Waals surface area contributed by atoms with Crippen molar-refractivity contribution in [3.63, 3.8) is 0 Å². The van der Waals surface area contributed by atoms with E-state index in [1.807, 2.05) is 18.2 Å². The van der Waals surface area contributed by atoms with Crippen molar-refractivity contribution in [2.75, 3.05) is 0 Å². The molecule has 2 aliphatic rings. The highest BCUT2D eigenvalue weighted by atomic mass is 32.3. The predicted molar refractivity (Wildman–Crippen MR) is 226 cm³/mol. The molecule has 6 aromatic rings. The molecule has 4 heterocycles. The number of ether oxygens (including phenoxy) is 1. The van der Waals surface area contributed by atoms with Crippen LogP contribution in [0.5, 0.6) is 0 Å². The lowest BCUT2D eigenvalue weighted by Crippen LogP contribution is -2.50. The molecule has 66 heavy (non-hydrogen) atoms. The molecule has 0 unspecified atom stereocenters. The van der Waals surface area contributed by atoms with Gasteiger partial charge in [-0.25, -0.2) is 21.6 Å². The Labute approximate surface area is 381 Å². The standard InChI is InChI=1S/C23H23F3N2O5S2.C19H15F3N2O5S2/c1-20(2,3)32-19(29)22(13-21(22,4)14-8-6-5-7-9-14)28-35(30,31)18-11-10-16(34-18)15-12-17(33-27-15)23(24,25)26;1-17(11-5-3-2-4-6-11)10-18(17,16(25)26)24-31(27,28)15-8-7-13(30-15)12-9-14(29-23-12)19(20,21)22/h5-12,28H,13H2,1-4H3;2-9,24H,10H2,1H3,(H,25,26)/t21-,22-;17-,18-/m11/s1. The minimum atomic E-state index is -4.72. The van der Waals surface area contributed by atoms with E-state index >= 15 is 0 Å². The van der Waals surface area contributed by atoms with Crippen LogP contribution in [0.15, 0.2) is 115 Å². The van der Waals surface area contributed by atoms with Gasteiger partial charge in [-0.2, -0.15) is 35.8 Å². The van der Waals surface area contributed by atoms with Gasteiger partial charge in [0.2, 0.25) is 11.5 Å². The summed E-state index contributed by atoms with van der Waals surface area (Å²) in [4.78, 5) is 25.6. The first-order valence-electron chi connectivity index (χ1n) is 19.4. The first-order chi connectivity index (χ1) is 30.5. The van der Waals surface area contributed by atoms with E-state index in [1.165, 1.54) is 24.3 Å². The number of benzene rings is 2. The highest BCUT2D eigenvalue weighted by molar-refractivity contribution is 7.92. The van der Waals surface area contributed by atoms with Crippen LogP contribution < -0.4 is 9.44 Å². The molecule has 4 atom stereocenters. The minimum Gasteiger partial charge on any atom is -0.480 e. The lowest BCUT2D eigenvalue weighted by molar-refractivity contribution is -0.159. The Bertz CT molecular complexity index is 3020. The first-order valence-corrected chi connectivity index (χ1v) is 24.0. The molecule has 2 aliphatic carbocycles. The second kappa shape index (κ2) is 16.4. The van der Waals surface area contributed by atoms with Crippen molar-refractivity contribution in [2.45, 2.75) is 95.7 Å². The Balaban J connectivity index is 0.000000198. The molecule has 0 radical (unpaired) electrons. The van der Waals surface area contributed by atoms with Crippen molar-refractivity contribution in [1.29, 1.82) is 0 Å². The molecule has 3 N–H and O–H groups in total. The number of alkyl halides is 6.